The van der Waals surface area contributed by atoms with Crippen LogP contribution in [0.15, 0.2) is 48.5 Å². The quantitative estimate of drug-likeness (QED) is 0.283. The summed E-state index contributed by atoms with van der Waals surface area (Å²) < 4.78 is 4.94. The van der Waals surface area contributed by atoms with Gasteiger partial charge in [-0.25, -0.2) is 6.61 Å². The van der Waals surface area contributed by atoms with Crippen molar-refractivity contribution in [3.8, 4) is 0 Å². The third-order valence-corrected chi connectivity index (χ3v) is 5.19. The van der Waals surface area contributed by atoms with Crippen molar-refractivity contribution < 1.29 is 40.8 Å². The number of anilines is 1. The first-order valence-electron chi connectivity index (χ1n) is 10.2. The van der Waals surface area contributed by atoms with Crippen LogP contribution in [0.25, 0.3) is 0 Å². The van der Waals surface area contributed by atoms with Crippen LogP contribution >= 0.6 is 0 Å². The monoisotopic (exact) mass is 633 g/mol. The molecule has 0 saturated carbocycles. The van der Waals surface area contributed by atoms with Crippen molar-refractivity contribution in [1.82, 2.24) is 4.90 Å². The van der Waals surface area contributed by atoms with Crippen molar-refractivity contribution >= 4 is 11.4 Å². The predicted octanol–water partition coefficient (Wildman–Crippen LogP) is 4.45. The predicted molar refractivity (Wildman–Crippen MR) is 116 cm³/mol. The van der Waals surface area contributed by atoms with Crippen LogP contribution in [0, 0.1) is 54.8 Å². The van der Waals surface area contributed by atoms with Crippen LogP contribution in [-0.2, 0) is 11.3 Å². The van der Waals surface area contributed by atoms with Crippen LogP contribution in [-0.4, -0.2) is 42.6 Å². The second-order valence-corrected chi connectivity index (χ2v) is 7.35. The minimum atomic E-state index is -0.379. The molecule has 0 unspecified atom stereocenters. The van der Waals surface area contributed by atoms with Gasteiger partial charge in [0.1, 0.15) is 0 Å². The first-order valence-corrected chi connectivity index (χ1v) is 10.2. The minimum absolute atomic E-state index is 0. The summed E-state index contributed by atoms with van der Waals surface area (Å²) >= 11 is 0. The number of nitro groups is 1. The van der Waals surface area contributed by atoms with Crippen molar-refractivity contribution in [3.63, 3.8) is 0 Å². The van der Waals surface area contributed by atoms with Gasteiger partial charge in [-0.05, 0) is 18.1 Å². The molecule has 6 nitrogen and oxygen atoms in total. The number of nitro benzene ring substituents is 1. The number of rotatable bonds is 4. The summed E-state index contributed by atoms with van der Waals surface area (Å²) in [6, 6.07) is 15.4. The largest absolute Gasteiger partial charge is 2.00 e. The van der Waals surface area contributed by atoms with Gasteiger partial charge in [-0.2, -0.15) is 18.9 Å². The van der Waals surface area contributed by atoms with Crippen LogP contribution < -0.4 is 4.90 Å². The fourth-order valence-electron chi connectivity index (χ4n) is 3.56. The van der Waals surface area contributed by atoms with Gasteiger partial charge in [-0.1, -0.05) is 54.6 Å². The second kappa shape index (κ2) is 13.0. The Morgan fingerprint density at radius 3 is 2.30 bits per heavy atom. The Labute approximate surface area is 203 Å². The molecule has 0 aromatic heterocycles. The van der Waals surface area contributed by atoms with Crippen molar-refractivity contribution in [2.24, 2.45) is 0 Å². The summed E-state index contributed by atoms with van der Waals surface area (Å²) in [5, 5.41) is 10.8. The molecule has 0 N–H and O–H groups in total. The minimum Gasteiger partial charge on any atom is -0.552 e. The van der Waals surface area contributed by atoms with Crippen molar-refractivity contribution in [1.29, 1.82) is 0 Å². The summed E-state index contributed by atoms with van der Waals surface area (Å²) in [5.41, 5.74) is 3.14. The van der Waals surface area contributed by atoms with E-state index in [4.69, 9.17) is 4.74 Å². The van der Waals surface area contributed by atoms with Crippen LogP contribution in [0.4, 0.5) is 11.4 Å². The molecular formula is C23H29N3O3U. The average Bonchev–Trinajstić information content (AvgIpc) is 2.77. The fraction of sp³-hybridized carbons (Fsp3) is 0.391. The van der Waals surface area contributed by atoms with E-state index in [1.165, 1.54) is 18.4 Å². The van der Waals surface area contributed by atoms with Crippen molar-refractivity contribution in [3.05, 3.63) is 83.3 Å². The van der Waals surface area contributed by atoms with Crippen LogP contribution in [0.5, 0.6) is 0 Å². The Hall–Kier alpha value is -1.52. The molecule has 0 atom stereocenters. The first-order chi connectivity index (χ1) is 14.1. The summed E-state index contributed by atoms with van der Waals surface area (Å²) in [5.74, 6) is 0. The van der Waals surface area contributed by atoms with Crippen LogP contribution in [0.3, 0.4) is 0 Å². The average molecular weight is 634 g/mol. The van der Waals surface area contributed by atoms with E-state index in [-0.39, 0.29) is 41.7 Å². The number of non-ortho nitro benzene ring substituents is 1. The maximum absolute atomic E-state index is 10.8. The zero-order chi connectivity index (χ0) is 20.5. The topological polar surface area (TPSA) is 58.9 Å². The molecule has 158 valence electrons. The van der Waals surface area contributed by atoms with E-state index in [9.17, 15) is 10.1 Å². The van der Waals surface area contributed by atoms with Crippen molar-refractivity contribution in [2.75, 3.05) is 37.7 Å². The molecule has 0 amide bonds. The molecule has 2 saturated heterocycles. The van der Waals surface area contributed by atoms with Gasteiger partial charge in [-0.3, -0.25) is 15.0 Å². The number of nitrogens with zero attached hydrogens (tertiary/aromatic N) is 3. The summed E-state index contributed by atoms with van der Waals surface area (Å²) in [6.45, 7) is 11.5. The molecule has 0 bridgehead atoms. The number of hydrogen-bond acceptors (Lipinski definition) is 5. The van der Waals surface area contributed by atoms with E-state index >= 15 is 0 Å². The molecule has 0 aliphatic carbocycles. The van der Waals surface area contributed by atoms with Gasteiger partial charge >= 0.3 is 31.1 Å². The van der Waals surface area contributed by atoms with Crippen LogP contribution in [0.1, 0.15) is 30.4 Å². The molecule has 4 rings (SSSR count). The van der Waals surface area contributed by atoms with Gasteiger partial charge < -0.3 is 9.64 Å². The Balaban J connectivity index is 0.000000395. The zero-order valence-corrected chi connectivity index (χ0v) is 21.5. The third-order valence-electron chi connectivity index (χ3n) is 5.19. The summed E-state index contributed by atoms with van der Waals surface area (Å²) in [7, 11) is 0. The molecule has 0 radical (unpaired) electrons. The molecule has 2 heterocycles. The van der Waals surface area contributed by atoms with Gasteiger partial charge in [0.25, 0.3) is 0 Å². The SMILES string of the molecule is [CH-]1CCCCO1.[CH2-]c1cc([N+](=O)[O-])ccc1N1CCN(Cc2ccccc2)CC1.[U+2]. The Morgan fingerprint density at radius 2 is 1.80 bits per heavy atom. The number of benzene rings is 2. The maximum Gasteiger partial charge on any atom is 2.00 e. The van der Waals surface area contributed by atoms with Crippen molar-refractivity contribution in [2.45, 2.75) is 25.8 Å². The molecule has 2 aromatic rings. The molecule has 0 spiro atoms. The van der Waals surface area contributed by atoms with Gasteiger partial charge in [-0.15, -0.1) is 0 Å². The smallest absolute Gasteiger partial charge is 0.552 e. The van der Waals surface area contributed by atoms with Gasteiger partial charge in [0.05, 0.1) is 0 Å². The Kier molecular flexibility index (Phi) is 10.7. The molecule has 30 heavy (non-hydrogen) atoms. The maximum atomic E-state index is 10.8. The van der Waals surface area contributed by atoms with Gasteiger partial charge in [0.15, 0.2) is 0 Å². The zero-order valence-electron chi connectivity index (χ0n) is 17.3. The summed E-state index contributed by atoms with van der Waals surface area (Å²) in [4.78, 5) is 15.1. The number of hydrogen-bond donors (Lipinski definition) is 0. The van der Waals surface area contributed by atoms with E-state index < -0.39 is 0 Å². The number of ether oxygens (including phenoxy) is 1. The van der Waals surface area contributed by atoms with Gasteiger partial charge in [0.2, 0.25) is 5.69 Å². The van der Waals surface area contributed by atoms with E-state index in [0.717, 1.165) is 57.0 Å². The molecular weight excluding hydrogens is 604 g/mol. The molecule has 2 fully saturated rings. The number of piperazine rings is 1. The molecule has 2 aliphatic heterocycles. The molecule has 7 heteroatoms. The third kappa shape index (κ3) is 7.63. The second-order valence-electron chi connectivity index (χ2n) is 7.35. The fourth-order valence-corrected chi connectivity index (χ4v) is 3.56. The normalized spacial score (nSPS) is 16.7. The van der Waals surface area contributed by atoms with Gasteiger partial charge in [0, 0.05) is 44.3 Å². The standard InChI is InChI=1S/C18H20N3O2.C5H9O.U/c1-15-13-17(21(22)23)7-8-18(15)20-11-9-19(10-12-20)14-16-5-3-2-4-6-16;1-2-4-6-5-3-1;/h2-8,13H,1,9-12,14H2;4H,1-3,5H2;/q2*-1;+2. The Bertz CT molecular complexity index is 765. The van der Waals surface area contributed by atoms with Crippen LogP contribution in [0.2, 0.25) is 0 Å². The molecule has 2 aromatic carbocycles. The van der Waals surface area contributed by atoms with E-state index in [1.807, 2.05) is 18.7 Å². The van der Waals surface area contributed by atoms with E-state index in [2.05, 4.69) is 41.0 Å². The first kappa shape index (κ1) is 24.7. The Morgan fingerprint density at radius 1 is 1.07 bits per heavy atom. The molecule has 2 aliphatic rings. The van der Waals surface area contributed by atoms with E-state index in [1.54, 1.807) is 12.1 Å². The summed E-state index contributed by atoms with van der Waals surface area (Å²) in [6.07, 6.45) is 3.72. The van der Waals surface area contributed by atoms with E-state index in [0.29, 0.717) is 0 Å².